The summed E-state index contributed by atoms with van der Waals surface area (Å²) in [6, 6.07) is 11.0. The number of rotatable bonds is 8. The predicted octanol–water partition coefficient (Wildman–Crippen LogP) is 3.47. The Hall–Kier alpha value is -2.70. The van der Waals surface area contributed by atoms with Crippen LogP contribution in [-0.4, -0.2) is 25.6 Å². The van der Waals surface area contributed by atoms with E-state index in [0.717, 1.165) is 23.8 Å². The molecule has 7 heteroatoms. The van der Waals surface area contributed by atoms with Crippen molar-refractivity contribution in [2.75, 3.05) is 0 Å². The van der Waals surface area contributed by atoms with Crippen molar-refractivity contribution >= 4 is 17.6 Å². The van der Waals surface area contributed by atoms with Crippen LogP contribution in [0.4, 0.5) is 0 Å². The number of hydrogen-bond donors (Lipinski definition) is 2. The molecule has 0 fully saturated rings. The molecule has 0 aliphatic rings. The van der Waals surface area contributed by atoms with Gasteiger partial charge in [-0.3, -0.25) is 4.98 Å². The van der Waals surface area contributed by atoms with Gasteiger partial charge in [-0.2, -0.15) is 0 Å². The SMILES string of the molecule is Cc1cc(C(=O)O)cc(CNCc2nccn2CCc2cccc(Cl)c2)n1. The molecule has 0 radical (unpaired) electrons. The van der Waals surface area contributed by atoms with E-state index in [1.54, 1.807) is 25.3 Å². The van der Waals surface area contributed by atoms with E-state index in [9.17, 15) is 4.79 Å². The molecule has 0 unspecified atom stereocenters. The van der Waals surface area contributed by atoms with Gasteiger partial charge in [-0.15, -0.1) is 0 Å². The molecule has 2 heterocycles. The minimum Gasteiger partial charge on any atom is -0.478 e. The first kappa shape index (κ1) is 19.1. The van der Waals surface area contributed by atoms with Crippen LogP contribution < -0.4 is 5.32 Å². The smallest absolute Gasteiger partial charge is 0.335 e. The van der Waals surface area contributed by atoms with Crippen molar-refractivity contribution in [3.05, 3.63) is 82.2 Å². The minimum absolute atomic E-state index is 0.252. The zero-order valence-electron chi connectivity index (χ0n) is 15.0. The van der Waals surface area contributed by atoms with Gasteiger partial charge in [0, 0.05) is 36.2 Å². The van der Waals surface area contributed by atoms with Crippen LogP contribution in [0, 0.1) is 6.92 Å². The predicted molar refractivity (Wildman–Crippen MR) is 104 cm³/mol. The van der Waals surface area contributed by atoms with Crippen molar-refractivity contribution in [1.29, 1.82) is 0 Å². The average molecular weight is 385 g/mol. The number of carboxylic acids is 1. The molecule has 0 aliphatic carbocycles. The minimum atomic E-state index is -0.946. The summed E-state index contributed by atoms with van der Waals surface area (Å²) in [5.41, 5.74) is 2.82. The van der Waals surface area contributed by atoms with Crippen LogP contribution in [0.5, 0.6) is 0 Å². The van der Waals surface area contributed by atoms with E-state index in [0.29, 0.717) is 24.5 Å². The number of benzene rings is 1. The number of hydrogen-bond acceptors (Lipinski definition) is 4. The van der Waals surface area contributed by atoms with Crippen molar-refractivity contribution in [2.45, 2.75) is 33.0 Å². The first-order valence-electron chi connectivity index (χ1n) is 8.67. The summed E-state index contributed by atoms with van der Waals surface area (Å²) in [5, 5.41) is 13.2. The molecular formula is C20H21ClN4O2. The Morgan fingerprint density at radius 2 is 2.11 bits per heavy atom. The second-order valence-electron chi connectivity index (χ2n) is 6.31. The van der Waals surface area contributed by atoms with E-state index in [1.165, 1.54) is 5.56 Å². The summed E-state index contributed by atoms with van der Waals surface area (Å²) < 4.78 is 2.10. The number of aromatic carboxylic acids is 1. The van der Waals surface area contributed by atoms with E-state index < -0.39 is 5.97 Å². The van der Waals surface area contributed by atoms with Crippen LogP contribution in [0.2, 0.25) is 5.02 Å². The zero-order chi connectivity index (χ0) is 19.2. The summed E-state index contributed by atoms with van der Waals surface area (Å²) >= 11 is 6.03. The van der Waals surface area contributed by atoms with Gasteiger partial charge in [0.1, 0.15) is 5.82 Å². The Morgan fingerprint density at radius 3 is 2.89 bits per heavy atom. The van der Waals surface area contributed by atoms with Crippen molar-refractivity contribution in [1.82, 2.24) is 19.9 Å². The summed E-state index contributed by atoms with van der Waals surface area (Å²) in [5.74, 6) is -0.0264. The largest absolute Gasteiger partial charge is 0.478 e. The monoisotopic (exact) mass is 384 g/mol. The Bertz CT molecular complexity index is 939. The lowest BCUT2D eigenvalue weighted by molar-refractivity contribution is 0.0696. The molecule has 0 spiro atoms. The first-order chi connectivity index (χ1) is 13.0. The number of aryl methyl sites for hydroxylation is 3. The van der Waals surface area contributed by atoms with Gasteiger partial charge in [0.15, 0.2) is 0 Å². The average Bonchev–Trinajstić information content (AvgIpc) is 3.07. The van der Waals surface area contributed by atoms with Crippen LogP contribution in [-0.2, 0) is 26.1 Å². The van der Waals surface area contributed by atoms with Crippen LogP contribution >= 0.6 is 11.6 Å². The van der Waals surface area contributed by atoms with E-state index in [-0.39, 0.29) is 5.56 Å². The van der Waals surface area contributed by atoms with Gasteiger partial charge in [0.05, 0.1) is 17.8 Å². The summed E-state index contributed by atoms with van der Waals surface area (Å²) in [7, 11) is 0. The second-order valence-corrected chi connectivity index (χ2v) is 6.75. The molecule has 27 heavy (non-hydrogen) atoms. The maximum Gasteiger partial charge on any atom is 0.335 e. The van der Waals surface area contributed by atoms with Crippen molar-refractivity contribution in [2.24, 2.45) is 0 Å². The third kappa shape index (κ3) is 5.39. The zero-order valence-corrected chi connectivity index (χ0v) is 15.8. The van der Waals surface area contributed by atoms with Gasteiger partial charge >= 0.3 is 5.97 Å². The molecule has 2 N–H and O–H groups in total. The highest BCUT2D eigenvalue weighted by Gasteiger charge is 2.08. The molecule has 140 valence electrons. The lowest BCUT2D eigenvalue weighted by atomic mass is 10.1. The molecular weight excluding hydrogens is 364 g/mol. The first-order valence-corrected chi connectivity index (χ1v) is 9.05. The highest BCUT2D eigenvalue weighted by atomic mass is 35.5. The van der Waals surface area contributed by atoms with Gasteiger partial charge in [-0.1, -0.05) is 23.7 Å². The Labute approximate surface area is 162 Å². The van der Waals surface area contributed by atoms with Crippen LogP contribution in [0.25, 0.3) is 0 Å². The van der Waals surface area contributed by atoms with Crippen LogP contribution in [0.15, 0.2) is 48.8 Å². The summed E-state index contributed by atoms with van der Waals surface area (Å²) in [6.45, 7) is 3.64. The molecule has 0 aliphatic heterocycles. The molecule has 0 saturated carbocycles. The Kier molecular flexibility index (Phi) is 6.21. The Morgan fingerprint density at radius 1 is 1.26 bits per heavy atom. The fraction of sp³-hybridized carbons (Fsp3) is 0.250. The van der Waals surface area contributed by atoms with Crippen molar-refractivity contribution < 1.29 is 9.90 Å². The fourth-order valence-electron chi connectivity index (χ4n) is 2.91. The second kappa shape index (κ2) is 8.79. The summed E-state index contributed by atoms with van der Waals surface area (Å²) in [4.78, 5) is 19.9. The van der Waals surface area contributed by atoms with E-state index in [1.807, 2.05) is 24.4 Å². The number of imidazole rings is 1. The highest BCUT2D eigenvalue weighted by Crippen LogP contribution is 2.12. The number of carboxylic acid groups (broad SMARTS) is 1. The van der Waals surface area contributed by atoms with Gasteiger partial charge in [-0.05, 0) is 43.2 Å². The fourth-order valence-corrected chi connectivity index (χ4v) is 3.12. The molecule has 3 aromatic rings. The van der Waals surface area contributed by atoms with E-state index >= 15 is 0 Å². The third-order valence-corrected chi connectivity index (χ3v) is 4.41. The molecule has 1 aromatic carbocycles. The van der Waals surface area contributed by atoms with E-state index in [4.69, 9.17) is 16.7 Å². The molecule has 0 atom stereocenters. The molecule has 0 amide bonds. The van der Waals surface area contributed by atoms with Crippen molar-refractivity contribution in [3.63, 3.8) is 0 Å². The number of carbonyl (C=O) groups is 1. The maximum atomic E-state index is 11.2. The standard InChI is InChI=1S/C20H21ClN4O2/c1-14-9-16(20(26)27)11-18(24-14)12-22-13-19-23-6-8-25(19)7-5-15-3-2-4-17(21)10-15/h2-4,6,8-11,22H,5,7,12-13H2,1H3,(H,26,27). The number of pyridine rings is 1. The highest BCUT2D eigenvalue weighted by molar-refractivity contribution is 6.30. The van der Waals surface area contributed by atoms with Gasteiger partial charge in [-0.25, -0.2) is 9.78 Å². The number of nitrogens with one attached hydrogen (secondary N) is 1. The number of aromatic nitrogens is 3. The lowest BCUT2D eigenvalue weighted by Gasteiger charge is -2.10. The van der Waals surface area contributed by atoms with Crippen LogP contribution in [0.3, 0.4) is 0 Å². The maximum absolute atomic E-state index is 11.2. The molecule has 2 aromatic heterocycles. The third-order valence-electron chi connectivity index (χ3n) is 4.17. The van der Waals surface area contributed by atoms with Crippen molar-refractivity contribution in [3.8, 4) is 0 Å². The Balaban J connectivity index is 1.57. The number of halogens is 1. The van der Waals surface area contributed by atoms with Crippen LogP contribution in [0.1, 0.15) is 33.1 Å². The van der Waals surface area contributed by atoms with Gasteiger partial charge < -0.3 is 15.0 Å². The summed E-state index contributed by atoms with van der Waals surface area (Å²) in [6.07, 6.45) is 4.60. The molecule has 6 nitrogen and oxygen atoms in total. The topological polar surface area (TPSA) is 80.0 Å². The molecule has 3 rings (SSSR count). The number of nitrogens with zero attached hydrogens (tertiary/aromatic N) is 3. The van der Waals surface area contributed by atoms with E-state index in [2.05, 4.69) is 25.9 Å². The molecule has 0 bridgehead atoms. The van der Waals surface area contributed by atoms with Gasteiger partial charge in [0.25, 0.3) is 0 Å². The van der Waals surface area contributed by atoms with Gasteiger partial charge in [0.2, 0.25) is 0 Å². The quantitative estimate of drug-likeness (QED) is 0.621. The lowest BCUT2D eigenvalue weighted by Crippen LogP contribution is -2.18. The normalized spacial score (nSPS) is 10.9. The molecule has 0 saturated heterocycles.